The number of aliphatic hydroxyl groups is 8. The van der Waals surface area contributed by atoms with Crippen LogP contribution in [0.15, 0.2) is 23.3 Å². The molecule has 0 aromatic rings. The van der Waals surface area contributed by atoms with Crippen molar-refractivity contribution in [2.45, 2.75) is 213 Å². The van der Waals surface area contributed by atoms with Crippen molar-refractivity contribution in [1.82, 2.24) is 0 Å². The van der Waals surface area contributed by atoms with Crippen molar-refractivity contribution < 1.29 is 84.0 Å². The van der Waals surface area contributed by atoms with Gasteiger partial charge in [0.1, 0.15) is 48.5 Å². The van der Waals surface area contributed by atoms with Gasteiger partial charge in [-0.25, -0.2) is 9.59 Å². The number of aliphatic carboxylic acids is 1. The Kier molecular flexibility index (Phi) is 13.6. The maximum Gasteiger partial charge on any atom is 0.335 e. The summed E-state index contributed by atoms with van der Waals surface area (Å²) >= 11 is 0. The van der Waals surface area contributed by atoms with Crippen LogP contribution in [-0.4, -0.2) is 156 Å². The van der Waals surface area contributed by atoms with Crippen molar-refractivity contribution in [3.05, 3.63) is 23.3 Å². The first-order valence-electron chi connectivity index (χ1n) is 23.8. The third-order valence-corrected chi connectivity index (χ3v) is 18.9. The minimum absolute atomic E-state index is 0.0278. The van der Waals surface area contributed by atoms with Gasteiger partial charge in [-0.15, -0.1) is 0 Å². The smallest absolute Gasteiger partial charge is 0.335 e. The zero-order valence-electron chi connectivity index (χ0n) is 40.3. The Hall–Kier alpha value is -2.39. The summed E-state index contributed by atoms with van der Waals surface area (Å²) in [6, 6.07) is 0. The van der Waals surface area contributed by atoms with Crippen LogP contribution in [0.3, 0.4) is 0 Å². The number of carboxylic acids is 1. The van der Waals surface area contributed by atoms with E-state index in [1.165, 1.54) is 13.8 Å². The number of rotatable bonds is 9. The molecule has 5 aliphatic carbocycles. The first-order valence-corrected chi connectivity index (χ1v) is 23.8. The van der Waals surface area contributed by atoms with E-state index in [-0.39, 0.29) is 29.5 Å². The van der Waals surface area contributed by atoms with Crippen LogP contribution < -0.4 is 0 Å². The molecule has 7 rings (SSSR count). The molecule has 0 unspecified atom stereocenters. The number of carbonyl (C=O) groups is 3. The largest absolute Gasteiger partial charge is 0.479 e. The average molecular weight is 937 g/mol. The fourth-order valence-electron chi connectivity index (χ4n) is 14.8. The van der Waals surface area contributed by atoms with Gasteiger partial charge in [0.15, 0.2) is 18.7 Å². The van der Waals surface area contributed by atoms with E-state index in [1.54, 1.807) is 19.9 Å². The van der Waals surface area contributed by atoms with E-state index in [0.29, 0.717) is 44.1 Å². The molecule has 2 heterocycles. The summed E-state index contributed by atoms with van der Waals surface area (Å²) in [5.74, 6) is -3.10. The number of carboxylic acid groups (broad SMARTS) is 1. The number of hydrogen-bond acceptors (Lipinski definition) is 16. The minimum Gasteiger partial charge on any atom is -0.479 e. The summed E-state index contributed by atoms with van der Waals surface area (Å²) in [5.41, 5.74) is -3.79. The second-order valence-corrected chi connectivity index (χ2v) is 23.0. The first-order chi connectivity index (χ1) is 30.5. The standard InChI is InChI=1S/C49H76O17/c1-12-21(2)41(61)66-39-38(58)44(5,6)20-25-24-13-14-27-46(9)17-16-28(45(7,8)26(46)15-18-47(27,10)48(24,11)36(56)37(57)49(25,39)19-22(3)50)63-43-35(32(54)31(53)34(64-43)40(59)60)65-42-33(55)30(52)29(51)23(4)62-42/h12-13,23,25-39,42-43,51-58H,14-20H2,1-11H3,(H,59,60)/b21-12-/t23-,25-,26-,27+,28-,29-,30+,31-,32-,33+,34-,35+,36-,37+,38-,39-,42-,43+,46-,47+,48-,49-/m0/s1. The lowest BCUT2D eigenvalue weighted by atomic mass is 9.32. The van der Waals surface area contributed by atoms with Crippen molar-refractivity contribution in [3.8, 4) is 0 Å². The van der Waals surface area contributed by atoms with Crippen LogP contribution in [0.1, 0.15) is 121 Å². The molecule has 0 aromatic carbocycles. The van der Waals surface area contributed by atoms with Crippen LogP contribution >= 0.6 is 0 Å². The SMILES string of the molecule is C/C=C(/C)C(=O)O[C@H]1[C@H](O)C(C)(C)C[C@H]2C3=CC[C@@H]4[C@@]5(C)CC[C@H](O[C@@H]6O[C@H](C(=O)O)[C@@H](O)[C@H](O)[C@H]6O[C@@H]6O[C@@H](C)[C@H](O)[C@@H](O)[C@H]6O)C(C)(C)[C@@H]5CC[C@@]4(C)[C@]3(C)[C@@H](O)[C@@H](O)[C@]21CC(C)=O. The van der Waals surface area contributed by atoms with Gasteiger partial charge in [-0.2, -0.15) is 0 Å². The fourth-order valence-corrected chi connectivity index (χ4v) is 14.8. The molecule has 0 spiro atoms. The summed E-state index contributed by atoms with van der Waals surface area (Å²) in [5, 5.41) is 101. The molecule has 6 fully saturated rings. The van der Waals surface area contributed by atoms with E-state index in [4.69, 9.17) is 23.7 Å². The van der Waals surface area contributed by atoms with Crippen LogP contribution in [-0.2, 0) is 38.1 Å². The van der Waals surface area contributed by atoms with Crippen molar-refractivity contribution in [2.75, 3.05) is 0 Å². The van der Waals surface area contributed by atoms with Gasteiger partial charge in [0.2, 0.25) is 0 Å². The highest BCUT2D eigenvalue weighted by atomic mass is 16.8. The normalized spacial score (nSPS) is 51.0. The van der Waals surface area contributed by atoms with Gasteiger partial charge in [0.25, 0.3) is 0 Å². The minimum atomic E-state index is -1.96. The Balaban J connectivity index is 1.22. The quantitative estimate of drug-likeness (QED) is 0.0694. The molecule has 2 saturated heterocycles. The van der Waals surface area contributed by atoms with Crippen molar-refractivity contribution >= 4 is 17.7 Å². The summed E-state index contributed by atoms with van der Waals surface area (Å²) in [6.45, 7) is 20.6. The molecule has 0 bridgehead atoms. The molecule has 17 heteroatoms. The number of aliphatic hydroxyl groups excluding tert-OH is 8. The molecular weight excluding hydrogens is 861 g/mol. The zero-order valence-corrected chi connectivity index (χ0v) is 40.3. The van der Waals surface area contributed by atoms with E-state index in [1.807, 2.05) is 20.8 Å². The third kappa shape index (κ3) is 7.51. The van der Waals surface area contributed by atoms with E-state index >= 15 is 0 Å². The Morgan fingerprint density at radius 1 is 0.773 bits per heavy atom. The average Bonchev–Trinajstić information content (AvgIpc) is 3.23. The zero-order chi connectivity index (χ0) is 49.2. The third-order valence-electron chi connectivity index (χ3n) is 18.9. The van der Waals surface area contributed by atoms with Crippen LogP contribution in [0, 0.1) is 50.2 Å². The van der Waals surface area contributed by atoms with Gasteiger partial charge in [0, 0.05) is 17.4 Å². The first kappa shape index (κ1) is 51.5. The van der Waals surface area contributed by atoms with Crippen LogP contribution in [0.2, 0.25) is 0 Å². The lowest BCUT2D eigenvalue weighted by molar-refractivity contribution is -0.372. The molecule has 0 radical (unpaired) electrons. The monoisotopic (exact) mass is 937 g/mol. The topological polar surface area (TPSA) is 279 Å². The number of ether oxygens (including phenoxy) is 5. The van der Waals surface area contributed by atoms with Crippen LogP contribution in [0.5, 0.6) is 0 Å². The van der Waals surface area contributed by atoms with Crippen LogP contribution in [0.4, 0.5) is 0 Å². The highest BCUT2D eigenvalue weighted by molar-refractivity contribution is 5.88. The van der Waals surface area contributed by atoms with Gasteiger partial charge < -0.3 is 74.4 Å². The molecular formula is C49H76O17. The predicted octanol–water partition coefficient (Wildman–Crippen LogP) is 2.30. The number of carbonyl (C=O) groups excluding carboxylic acids is 2. The van der Waals surface area contributed by atoms with Crippen molar-refractivity contribution in [3.63, 3.8) is 0 Å². The van der Waals surface area contributed by atoms with E-state index in [9.17, 15) is 60.3 Å². The van der Waals surface area contributed by atoms with Gasteiger partial charge in [-0.05, 0) is 106 Å². The highest BCUT2D eigenvalue weighted by Gasteiger charge is 2.76. The molecule has 7 aliphatic rings. The number of esters is 1. The summed E-state index contributed by atoms with van der Waals surface area (Å²) in [7, 11) is 0. The summed E-state index contributed by atoms with van der Waals surface area (Å²) < 4.78 is 30.3. The van der Waals surface area contributed by atoms with Crippen molar-refractivity contribution in [2.24, 2.45) is 50.2 Å². The maximum absolute atomic E-state index is 13.5. The molecule has 22 atom stereocenters. The van der Waals surface area contributed by atoms with Gasteiger partial charge in [0.05, 0.1) is 35.9 Å². The Labute approximate surface area is 387 Å². The Bertz CT molecular complexity index is 1950. The van der Waals surface area contributed by atoms with E-state index < -0.39 is 137 Å². The molecule has 2 aliphatic heterocycles. The lowest BCUT2D eigenvalue weighted by Gasteiger charge is -2.73. The number of allylic oxidation sites excluding steroid dienone is 2. The number of ketones is 1. The van der Waals surface area contributed by atoms with E-state index in [0.717, 1.165) is 5.57 Å². The summed E-state index contributed by atoms with van der Waals surface area (Å²) in [4.78, 5) is 39.1. The molecule has 9 N–H and O–H groups in total. The molecule has 17 nitrogen and oxygen atoms in total. The number of hydrogen-bond donors (Lipinski definition) is 9. The summed E-state index contributed by atoms with van der Waals surface area (Å²) in [6.07, 6.45) is -15.7. The lowest BCUT2D eigenvalue weighted by Crippen LogP contribution is -2.75. The van der Waals surface area contributed by atoms with Gasteiger partial charge in [-0.3, -0.25) is 0 Å². The molecule has 0 aromatic heterocycles. The predicted molar refractivity (Wildman–Crippen MR) is 234 cm³/mol. The second-order valence-electron chi connectivity index (χ2n) is 23.0. The molecule has 0 amide bonds. The Morgan fingerprint density at radius 2 is 1.42 bits per heavy atom. The molecule has 66 heavy (non-hydrogen) atoms. The van der Waals surface area contributed by atoms with E-state index in [2.05, 4.69) is 33.8 Å². The second kappa shape index (κ2) is 17.5. The number of fused-ring (bicyclic) bond motifs is 7. The Morgan fingerprint density at radius 3 is 2.03 bits per heavy atom. The van der Waals surface area contributed by atoms with Crippen molar-refractivity contribution in [1.29, 1.82) is 0 Å². The maximum atomic E-state index is 13.5. The highest BCUT2D eigenvalue weighted by Crippen LogP contribution is 2.76. The fraction of sp³-hybridized carbons (Fsp3) is 0.857. The van der Waals surface area contributed by atoms with Gasteiger partial charge >= 0.3 is 11.9 Å². The molecule has 374 valence electrons. The van der Waals surface area contributed by atoms with Crippen LogP contribution in [0.25, 0.3) is 0 Å². The van der Waals surface area contributed by atoms with Gasteiger partial charge in [-0.1, -0.05) is 66.2 Å². The number of Topliss-reactive ketones (excluding diaryl/α,β-unsaturated/α-hetero) is 1. The molecule has 4 saturated carbocycles.